The minimum Gasteiger partial charge on any atom is -0.339 e. The molecule has 1 fully saturated rings. The lowest BCUT2D eigenvalue weighted by Gasteiger charge is -2.30. The topological polar surface area (TPSA) is 67.1 Å². The second-order valence-corrected chi connectivity index (χ2v) is 7.35. The number of likely N-dealkylation sites (N-methyl/N-ethyl adjacent to an activating group) is 1. The molecule has 1 unspecified atom stereocenters. The highest BCUT2D eigenvalue weighted by molar-refractivity contribution is 7.20. The fraction of sp³-hybridized carbons (Fsp3) is 0.400. The Kier molecular flexibility index (Phi) is 4.21. The highest BCUT2D eigenvalue weighted by Gasteiger charge is 2.25. The summed E-state index contributed by atoms with van der Waals surface area (Å²) >= 11 is 3.36. The van der Waals surface area contributed by atoms with Crippen molar-refractivity contribution in [3.8, 4) is 9.88 Å². The van der Waals surface area contributed by atoms with E-state index in [1.165, 1.54) is 4.88 Å². The van der Waals surface area contributed by atoms with Gasteiger partial charge < -0.3 is 9.84 Å². The van der Waals surface area contributed by atoms with E-state index >= 15 is 0 Å². The van der Waals surface area contributed by atoms with Gasteiger partial charge in [-0.2, -0.15) is 4.98 Å². The van der Waals surface area contributed by atoms with Gasteiger partial charge in [-0.1, -0.05) is 11.2 Å². The van der Waals surface area contributed by atoms with Gasteiger partial charge in [0.2, 0.25) is 5.89 Å². The second kappa shape index (κ2) is 6.48. The molecule has 8 heteroatoms. The van der Waals surface area contributed by atoms with Gasteiger partial charge in [0.05, 0.1) is 23.0 Å². The molecule has 1 saturated heterocycles. The average Bonchev–Trinajstić information content (AvgIpc) is 3.29. The standard InChI is InChI=1S/C15H17N5OS2/c1-20-5-4-16-8-11(20)14-18-13(21-19-14)7-10-9-23-15(17-10)12-3-2-6-22-12/h2-3,6,9,11,16H,4-5,7-8H2,1H3. The zero-order valence-electron chi connectivity index (χ0n) is 12.7. The van der Waals surface area contributed by atoms with Gasteiger partial charge in [0.15, 0.2) is 5.82 Å². The number of hydrogen-bond acceptors (Lipinski definition) is 8. The maximum absolute atomic E-state index is 5.42. The van der Waals surface area contributed by atoms with Gasteiger partial charge in [0.1, 0.15) is 5.01 Å². The molecular weight excluding hydrogens is 330 g/mol. The highest BCUT2D eigenvalue weighted by atomic mass is 32.1. The summed E-state index contributed by atoms with van der Waals surface area (Å²) in [5, 5.41) is 12.7. The largest absolute Gasteiger partial charge is 0.339 e. The molecule has 0 bridgehead atoms. The Labute approximate surface area is 142 Å². The molecular formula is C15H17N5OS2. The quantitative estimate of drug-likeness (QED) is 0.782. The number of aromatic nitrogens is 3. The van der Waals surface area contributed by atoms with Crippen LogP contribution in [0.5, 0.6) is 0 Å². The van der Waals surface area contributed by atoms with E-state index in [4.69, 9.17) is 4.52 Å². The Bertz CT molecular complexity index is 767. The number of hydrogen-bond donors (Lipinski definition) is 1. The highest BCUT2D eigenvalue weighted by Crippen LogP contribution is 2.28. The first-order valence-electron chi connectivity index (χ1n) is 7.51. The third-order valence-electron chi connectivity index (χ3n) is 3.91. The van der Waals surface area contributed by atoms with E-state index in [9.17, 15) is 0 Å². The zero-order valence-corrected chi connectivity index (χ0v) is 14.4. The van der Waals surface area contributed by atoms with E-state index < -0.39 is 0 Å². The fourth-order valence-corrected chi connectivity index (χ4v) is 4.26. The van der Waals surface area contributed by atoms with Gasteiger partial charge in [0.25, 0.3) is 0 Å². The molecule has 0 radical (unpaired) electrons. The van der Waals surface area contributed by atoms with Crippen molar-refractivity contribution in [1.29, 1.82) is 0 Å². The first kappa shape index (κ1) is 14.9. The van der Waals surface area contributed by atoms with Gasteiger partial charge in [-0.3, -0.25) is 4.90 Å². The first-order chi connectivity index (χ1) is 11.3. The van der Waals surface area contributed by atoms with Gasteiger partial charge in [-0.15, -0.1) is 22.7 Å². The summed E-state index contributed by atoms with van der Waals surface area (Å²) in [6, 6.07) is 4.31. The molecule has 4 rings (SSSR count). The molecule has 1 N–H and O–H groups in total. The normalized spacial score (nSPS) is 19.3. The maximum Gasteiger partial charge on any atom is 0.232 e. The minimum atomic E-state index is 0.179. The van der Waals surface area contributed by atoms with Crippen LogP contribution in [0.3, 0.4) is 0 Å². The number of nitrogens with zero attached hydrogens (tertiary/aromatic N) is 4. The number of rotatable bonds is 4. The molecule has 120 valence electrons. The van der Waals surface area contributed by atoms with Crippen molar-refractivity contribution in [2.45, 2.75) is 12.5 Å². The Hall–Kier alpha value is -1.61. The van der Waals surface area contributed by atoms with E-state index in [-0.39, 0.29) is 6.04 Å². The maximum atomic E-state index is 5.42. The molecule has 6 nitrogen and oxygen atoms in total. The van der Waals surface area contributed by atoms with E-state index in [1.54, 1.807) is 22.7 Å². The van der Waals surface area contributed by atoms with E-state index in [2.05, 4.69) is 49.2 Å². The van der Waals surface area contributed by atoms with Crippen LogP contribution in [-0.2, 0) is 6.42 Å². The van der Waals surface area contributed by atoms with Crippen molar-refractivity contribution in [3.05, 3.63) is 40.3 Å². The second-order valence-electron chi connectivity index (χ2n) is 5.54. The van der Waals surface area contributed by atoms with Crippen LogP contribution < -0.4 is 5.32 Å². The number of piperazine rings is 1. The summed E-state index contributed by atoms with van der Waals surface area (Å²) in [5.74, 6) is 1.38. The zero-order chi connectivity index (χ0) is 15.6. The third kappa shape index (κ3) is 3.20. The summed E-state index contributed by atoms with van der Waals surface area (Å²) in [7, 11) is 2.09. The van der Waals surface area contributed by atoms with Crippen molar-refractivity contribution >= 4 is 22.7 Å². The Balaban J connectivity index is 1.47. The van der Waals surface area contributed by atoms with Crippen LogP contribution in [-0.4, -0.2) is 46.7 Å². The number of thiophene rings is 1. The summed E-state index contributed by atoms with van der Waals surface area (Å²) < 4.78 is 5.42. The molecule has 23 heavy (non-hydrogen) atoms. The van der Waals surface area contributed by atoms with Crippen LogP contribution in [0.2, 0.25) is 0 Å². The molecule has 1 aliphatic rings. The number of nitrogens with one attached hydrogen (secondary N) is 1. The molecule has 0 saturated carbocycles. The smallest absolute Gasteiger partial charge is 0.232 e. The van der Waals surface area contributed by atoms with Gasteiger partial charge in [-0.05, 0) is 18.5 Å². The van der Waals surface area contributed by atoms with Crippen LogP contribution in [0.4, 0.5) is 0 Å². The fourth-order valence-electron chi connectivity index (χ4n) is 2.63. The Morgan fingerprint density at radius 3 is 3.17 bits per heavy atom. The molecule has 0 aromatic carbocycles. The molecule has 4 heterocycles. The van der Waals surface area contributed by atoms with Crippen molar-refractivity contribution in [3.63, 3.8) is 0 Å². The predicted octanol–water partition coefficient (Wildman–Crippen LogP) is 2.42. The SMILES string of the molecule is CN1CCNCC1c1noc(Cc2csc(-c3cccs3)n2)n1. The van der Waals surface area contributed by atoms with Crippen molar-refractivity contribution in [2.75, 3.05) is 26.7 Å². The summed E-state index contributed by atoms with van der Waals surface area (Å²) in [6.07, 6.45) is 0.582. The van der Waals surface area contributed by atoms with Crippen molar-refractivity contribution in [2.24, 2.45) is 0 Å². The van der Waals surface area contributed by atoms with Gasteiger partial charge in [0, 0.05) is 25.0 Å². The van der Waals surface area contributed by atoms with Crippen LogP contribution in [0, 0.1) is 0 Å². The molecule has 0 amide bonds. The van der Waals surface area contributed by atoms with Crippen LogP contribution >= 0.6 is 22.7 Å². The van der Waals surface area contributed by atoms with Crippen molar-refractivity contribution in [1.82, 2.24) is 25.3 Å². The monoisotopic (exact) mass is 347 g/mol. The van der Waals surface area contributed by atoms with E-state index in [0.29, 0.717) is 12.3 Å². The number of thiazole rings is 1. The lowest BCUT2D eigenvalue weighted by atomic mass is 10.2. The third-order valence-corrected chi connectivity index (χ3v) is 5.84. The summed E-state index contributed by atoms with van der Waals surface area (Å²) in [5.41, 5.74) is 0.976. The van der Waals surface area contributed by atoms with Crippen LogP contribution in [0.15, 0.2) is 27.4 Å². The van der Waals surface area contributed by atoms with E-state index in [0.717, 1.165) is 36.2 Å². The average molecular weight is 347 g/mol. The predicted molar refractivity (Wildman–Crippen MR) is 90.8 cm³/mol. The van der Waals surface area contributed by atoms with Crippen LogP contribution in [0.1, 0.15) is 23.5 Å². The molecule has 3 aromatic rings. The van der Waals surface area contributed by atoms with Gasteiger partial charge in [-0.25, -0.2) is 4.98 Å². The lowest BCUT2D eigenvalue weighted by Crippen LogP contribution is -2.44. The van der Waals surface area contributed by atoms with E-state index in [1.807, 2.05) is 6.07 Å². The molecule has 1 aliphatic heterocycles. The molecule has 1 atom stereocenters. The Morgan fingerprint density at radius 1 is 1.39 bits per heavy atom. The molecule has 0 aliphatic carbocycles. The summed E-state index contributed by atoms with van der Waals surface area (Å²) in [6.45, 7) is 2.85. The molecule has 3 aromatic heterocycles. The first-order valence-corrected chi connectivity index (χ1v) is 9.27. The molecule has 0 spiro atoms. The lowest BCUT2D eigenvalue weighted by molar-refractivity contribution is 0.190. The minimum absolute atomic E-state index is 0.179. The van der Waals surface area contributed by atoms with Crippen LogP contribution in [0.25, 0.3) is 9.88 Å². The van der Waals surface area contributed by atoms with Crippen molar-refractivity contribution < 1.29 is 4.52 Å². The Morgan fingerprint density at radius 2 is 2.35 bits per heavy atom. The summed E-state index contributed by atoms with van der Waals surface area (Å²) in [4.78, 5) is 12.7. The van der Waals surface area contributed by atoms with Gasteiger partial charge >= 0.3 is 0 Å².